The van der Waals surface area contributed by atoms with Crippen LogP contribution in [0.15, 0.2) is 41.7 Å². The number of carboxylic acid groups (broad SMARTS) is 1. The average Bonchev–Trinajstić information content (AvgIpc) is 2.78. The molecule has 0 spiro atoms. The van der Waals surface area contributed by atoms with Gasteiger partial charge in [-0.15, -0.1) is 0 Å². The van der Waals surface area contributed by atoms with Crippen LogP contribution in [0.3, 0.4) is 0 Å². The third kappa shape index (κ3) is 2.59. The minimum absolute atomic E-state index is 0.380. The number of carbonyl (C=O) groups is 1. The maximum absolute atomic E-state index is 12.1. The summed E-state index contributed by atoms with van der Waals surface area (Å²) >= 11 is 0. The highest BCUT2D eigenvalue weighted by Gasteiger charge is 2.33. The number of carboxylic acids is 1. The minimum atomic E-state index is -0.866. The molecule has 0 amide bonds. The Hall–Kier alpha value is -2.88. The Kier molecular flexibility index (Phi) is 4.08. The minimum Gasteiger partial charge on any atom is -0.478 e. The van der Waals surface area contributed by atoms with Crippen LogP contribution >= 0.6 is 0 Å². The van der Waals surface area contributed by atoms with Crippen molar-refractivity contribution in [3.63, 3.8) is 0 Å². The summed E-state index contributed by atoms with van der Waals surface area (Å²) < 4.78 is 9.18. The van der Waals surface area contributed by atoms with E-state index in [0.717, 1.165) is 85.9 Å². The van der Waals surface area contributed by atoms with Gasteiger partial charge < -0.3 is 9.84 Å². The predicted molar refractivity (Wildman–Crippen MR) is 115 cm³/mol. The van der Waals surface area contributed by atoms with E-state index >= 15 is 0 Å². The van der Waals surface area contributed by atoms with Crippen LogP contribution < -0.4 is 19.9 Å². The molecule has 0 unspecified atom stereocenters. The number of fused-ring (bicyclic) bond motifs is 2. The van der Waals surface area contributed by atoms with Crippen LogP contribution in [0, 0.1) is 0 Å². The fourth-order valence-electron chi connectivity index (χ4n) is 5.87. The summed E-state index contributed by atoms with van der Waals surface area (Å²) in [5.41, 5.74) is 6.29. The number of nitrogens with zero attached hydrogens (tertiary/aromatic N) is 1. The van der Waals surface area contributed by atoms with Crippen LogP contribution in [0.5, 0.6) is 5.75 Å². The second-order valence-electron chi connectivity index (χ2n) is 8.87. The fourth-order valence-corrected chi connectivity index (χ4v) is 5.87. The maximum Gasteiger partial charge on any atom is 0.336 e. The Bertz CT molecular complexity index is 1250. The number of aromatic carboxylic acids is 1. The highest BCUT2D eigenvalue weighted by atomic mass is 16.5. The normalized spacial score (nSPS) is 19.6. The molecule has 4 nitrogen and oxygen atoms in total. The van der Waals surface area contributed by atoms with Gasteiger partial charge in [0, 0.05) is 35.6 Å². The summed E-state index contributed by atoms with van der Waals surface area (Å²) in [6, 6.07) is 9.80. The van der Waals surface area contributed by atoms with Crippen LogP contribution in [0.1, 0.15) is 65.6 Å². The van der Waals surface area contributed by atoms with Gasteiger partial charge in [-0.05, 0) is 55.4 Å². The third-order valence-corrected chi connectivity index (χ3v) is 7.11. The summed E-state index contributed by atoms with van der Waals surface area (Å²) in [5.74, 6) is 1.19. The Labute approximate surface area is 175 Å². The average molecular weight is 400 g/mol. The lowest BCUT2D eigenvalue weighted by Crippen LogP contribution is -2.45. The predicted octanol–water partition coefficient (Wildman–Crippen LogP) is 3.19. The van der Waals surface area contributed by atoms with Crippen molar-refractivity contribution in [1.29, 1.82) is 0 Å². The van der Waals surface area contributed by atoms with Crippen molar-refractivity contribution in [2.75, 3.05) is 13.1 Å². The first-order valence-corrected chi connectivity index (χ1v) is 11.3. The number of ether oxygens (including phenoxy) is 1. The van der Waals surface area contributed by atoms with Crippen molar-refractivity contribution in [1.82, 2.24) is 4.58 Å². The molecular weight excluding hydrogens is 374 g/mol. The molecule has 0 fully saturated rings. The monoisotopic (exact) mass is 400 g/mol. The first kappa shape index (κ1) is 17.9. The smallest absolute Gasteiger partial charge is 0.336 e. The number of aryl methyl sites for hydroxylation is 1. The van der Waals surface area contributed by atoms with Gasteiger partial charge in [-0.2, -0.15) is 0 Å². The second kappa shape index (κ2) is 6.83. The van der Waals surface area contributed by atoms with Crippen molar-refractivity contribution in [3.05, 3.63) is 74.5 Å². The molecule has 3 aliphatic heterocycles. The summed E-state index contributed by atoms with van der Waals surface area (Å²) in [6.07, 6.45) is 8.62. The van der Waals surface area contributed by atoms with E-state index in [0.29, 0.717) is 5.56 Å². The van der Waals surface area contributed by atoms with E-state index in [1.165, 1.54) is 28.5 Å². The van der Waals surface area contributed by atoms with Crippen LogP contribution in [-0.4, -0.2) is 24.2 Å². The van der Waals surface area contributed by atoms with E-state index in [-0.39, 0.29) is 0 Å². The molecule has 4 aliphatic rings. The first-order valence-electron chi connectivity index (χ1n) is 11.3. The molecule has 0 aromatic heterocycles. The zero-order chi connectivity index (χ0) is 20.2. The van der Waals surface area contributed by atoms with Gasteiger partial charge in [0.15, 0.2) is 0 Å². The van der Waals surface area contributed by atoms with Crippen molar-refractivity contribution >= 4 is 11.5 Å². The number of hydrogen-bond donors (Lipinski definition) is 1. The van der Waals surface area contributed by atoms with Crippen molar-refractivity contribution in [2.24, 2.45) is 0 Å². The molecule has 4 heteroatoms. The number of hydrogen-bond acceptors (Lipinski definition) is 2. The topological polar surface area (TPSA) is 49.5 Å². The largest absolute Gasteiger partial charge is 0.478 e. The fraction of sp³-hybridized carbons (Fsp3) is 0.385. The van der Waals surface area contributed by atoms with E-state index in [1.54, 1.807) is 6.07 Å². The molecule has 2 aromatic carbocycles. The Morgan fingerprint density at radius 2 is 1.77 bits per heavy atom. The number of rotatable bonds is 2. The lowest BCUT2D eigenvalue weighted by molar-refractivity contribution is 0.0696. The van der Waals surface area contributed by atoms with Crippen molar-refractivity contribution < 1.29 is 14.6 Å². The van der Waals surface area contributed by atoms with Crippen LogP contribution in [0.2, 0.25) is 0 Å². The van der Waals surface area contributed by atoms with E-state index < -0.39 is 5.97 Å². The summed E-state index contributed by atoms with van der Waals surface area (Å²) in [7, 11) is 0. The quantitative estimate of drug-likeness (QED) is 0.788. The van der Waals surface area contributed by atoms with E-state index in [9.17, 15) is 9.90 Å². The van der Waals surface area contributed by atoms with Gasteiger partial charge in [-0.1, -0.05) is 18.2 Å². The first-order chi connectivity index (χ1) is 14.7. The van der Waals surface area contributed by atoms with Gasteiger partial charge in [0.1, 0.15) is 24.6 Å². The van der Waals surface area contributed by atoms with Gasteiger partial charge >= 0.3 is 5.97 Å². The molecule has 1 aliphatic carbocycles. The standard InChI is InChI=1S/C26H25NO3/c28-26(29)18-9-2-1-8-17(18)23-19-10-3-4-12-22(19)30-25-20-11-6-14-27-13-5-7-16(24(20)27)15-21(23)25/h1-2,8-9,15H,3-7,10-14H2/p+1. The molecule has 0 radical (unpaired) electrons. The van der Waals surface area contributed by atoms with E-state index in [2.05, 4.69) is 10.6 Å². The molecule has 30 heavy (non-hydrogen) atoms. The molecule has 0 atom stereocenters. The second-order valence-corrected chi connectivity index (χ2v) is 8.87. The van der Waals surface area contributed by atoms with Gasteiger partial charge in [0.05, 0.1) is 11.1 Å². The summed E-state index contributed by atoms with van der Waals surface area (Å²) in [5, 5.41) is 12.4. The summed E-state index contributed by atoms with van der Waals surface area (Å²) in [4.78, 5) is 12.1. The van der Waals surface area contributed by atoms with Gasteiger partial charge in [0.25, 0.3) is 0 Å². The SMILES string of the molecule is O=C(O)c1ccccc1C1=c2cc3c4c(c2OC2=C1CCCC2)CCC[N+]=4CCC3. The van der Waals surface area contributed by atoms with Crippen LogP contribution in [0.4, 0.5) is 0 Å². The lowest BCUT2D eigenvalue weighted by atomic mass is 9.82. The molecular formula is C26H26NO3+. The molecule has 0 bridgehead atoms. The van der Waals surface area contributed by atoms with Crippen LogP contribution in [-0.2, 0) is 12.8 Å². The number of benzene rings is 2. The van der Waals surface area contributed by atoms with Crippen molar-refractivity contribution in [2.45, 2.75) is 51.4 Å². The Morgan fingerprint density at radius 3 is 2.63 bits per heavy atom. The lowest BCUT2D eigenvalue weighted by Gasteiger charge is -2.30. The Balaban J connectivity index is 1.77. The molecule has 152 valence electrons. The highest BCUT2D eigenvalue weighted by Crippen LogP contribution is 2.39. The molecule has 6 rings (SSSR count). The van der Waals surface area contributed by atoms with Gasteiger partial charge in [-0.3, -0.25) is 0 Å². The highest BCUT2D eigenvalue weighted by molar-refractivity contribution is 5.97. The molecule has 1 N–H and O–H groups in total. The third-order valence-electron chi connectivity index (χ3n) is 7.11. The molecule has 2 aromatic rings. The zero-order valence-electron chi connectivity index (χ0n) is 17.2. The molecule has 0 saturated carbocycles. The molecule has 0 saturated heterocycles. The van der Waals surface area contributed by atoms with Crippen molar-refractivity contribution in [3.8, 4) is 5.75 Å². The van der Waals surface area contributed by atoms with Gasteiger partial charge in [-0.25, -0.2) is 9.37 Å². The van der Waals surface area contributed by atoms with Gasteiger partial charge in [0.2, 0.25) is 5.36 Å². The zero-order valence-corrected chi connectivity index (χ0v) is 17.2. The summed E-state index contributed by atoms with van der Waals surface area (Å²) in [6.45, 7) is 2.26. The molecule has 3 heterocycles. The van der Waals surface area contributed by atoms with Crippen LogP contribution in [0.25, 0.3) is 5.57 Å². The van der Waals surface area contributed by atoms with E-state index in [4.69, 9.17) is 4.74 Å². The maximum atomic E-state index is 12.1. The van der Waals surface area contributed by atoms with E-state index in [1.807, 2.05) is 18.2 Å². The number of allylic oxidation sites excluding steroid dienone is 2. The Morgan fingerprint density at radius 1 is 0.967 bits per heavy atom.